The molecule has 4 aromatic carbocycles. The minimum atomic E-state index is -4.74. The van der Waals surface area contributed by atoms with E-state index in [9.17, 15) is 36.2 Å². The van der Waals surface area contributed by atoms with Crippen LogP contribution in [-0.2, 0) is 20.2 Å². The average Bonchev–Trinajstić information content (AvgIpc) is 3.18. The third-order valence-corrected chi connectivity index (χ3v) is 7.72. The minimum Gasteiger partial charge on any atom is -0.744 e. The Balaban J connectivity index is 0.000000228. The third-order valence-electron chi connectivity index (χ3n) is 5.93. The molecule has 12 heteroatoms. The molecule has 0 aromatic heterocycles. The van der Waals surface area contributed by atoms with Gasteiger partial charge in [0.25, 0.3) is 0 Å². The van der Waals surface area contributed by atoms with E-state index in [4.69, 9.17) is 9.59 Å². The molecular formula is C30H32O10S2. The summed E-state index contributed by atoms with van der Waals surface area (Å²) in [6.07, 6.45) is 0. The monoisotopic (exact) mass is 616 g/mol. The number of benzene rings is 2. The Morgan fingerprint density at radius 1 is 0.571 bits per heavy atom. The first kappa shape index (κ1) is 34.1. The summed E-state index contributed by atoms with van der Waals surface area (Å²) in [5, 5.41) is 18.4. The molecule has 4 N–H and O–H groups in total. The maximum absolute atomic E-state index is 11.0. The van der Waals surface area contributed by atoms with Gasteiger partial charge in [-0.15, -0.1) is 0 Å². The van der Waals surface area contributed by atoms with Gasteiger partial charge in [-0.2, -0.15) is 0 Å². The van der Waals surface area contributed by atoms with Crippen molar-refractivity contribution >= 4 is 31.0 Å². The zero-order valence-corrected chi connectivity index (χ0v) is 24.9. The number of aromatic hydroxyl groups is 2. The topological polar surface area (TPSA) is 198 Å². The van der Waals surface area contributed by atoms with Crippen LogP contribution in [0.25, 0.3) is 10.8 Å². The van der Waals surface area contributed by atoms with Crippen molar-refractivity contribution in [3.63, 3.8) is 0 Å². The van der Waals surface area contributed by atoms with Crippen LogP contribution in [0.2, 0.25) is 0 Å². The van der Waals surface area contributed by atoms with Gasteiger partial charge in [0, 0.05) is 22.9 Å². The van der Waals surface area contributed by atoms with Gasteiger partial charge < -0.3 is 19.3 Å². The first-order valence-corrected chi connectivity index (χ1v) is 15.4. The Kier molecular flexibility index (Phi) is 11.5. The van der Waals surface area contributed by atoms with E-state index in [0.29, 0.717) is 11.8 Å². The molecule has 224 valence electrons. The lowest BCUT2D eigenvalue weighted by Crippen LogP contribution is -2.03. The first-order valence-electron chi connectivity index (χ1n) is 12.6. The number of hydrogen-bond donors (Lipinski definition) is 2. The second-order valence-corrected chi connectivity index (χ2v) is 12.4. The predicted octanol–water partition coefficient (Wildman–Crippen LogP) is 3.69. The summed E-state index contributed by atoms with van der Waals surface area (Å²) in [4.78, 5) is 17.2. The van der Waals surface area contributed by atoms with Gasteiger partial charge in [-0.05, 0) is 47.2 Å². The van der Waals surface area contributed by atoms with Gasteiger partial charge in [0.15, 0.2) is 0 Å². The van der Waals surface area contributed by atoms with Gasteiger partial charge in [-0.1, -0.05) is 76.2 Å². The molecule has 0 bridgehead atoms. The molecular weight excluding hydrogens is 584 g/mol. The van der Waals surface area contributed by atoms with Crippen LogP contribution in [0.1, 0.15) is 50.7 Å². The SMILES string of the molecule is CC(C)c1cccc(=[OH+])c(O)c1.CC(C)c1cccc(=[OH+])c(O)c1.O=S(=O)([O-])c1cccc2c(S(=O)(=O)[O-])cccc12. The van der Waals surface area contributed by atoms with E-state index in [2.05, 4.69) is 0 Å². The summed E-state index contributed by atoms with van der Waals surface area (Å²) in [7, 11) is -9.48. The molecule has 0 aliphatic rings. The smallest absolute Gasteiger partial charge is 0.381 e. The summed E-state index contributed by atoms with van der Waals surface area (Å²) >= 11 is 0. The van der Waals surface area contributed by atoms with Crippen molar-refractivity contribution in [1.82, 2.24) is 0 Å². The molecule has 0 unspecified atom stereocenters. The quantitative estimate of drug-likeness (QED) is 0.255. The summed E-state index contributed by atoms with van der Waals surface area (Å²) in [6, 6.07) is 20.4. The zero-order chi connectivity index (χ0) is 31.8. The number of hydrogen-bond acceptors (Lipinski definition) is 8. The lowest BCUT2D eigenvalue weighted by atomic mass is 10.1. The van der Waals surface area contributed by atoms with Gasteiger partial charge >= 0.3 is 10.9 Å². The lowest BCUT2D eigenvalue weighted by molar-refractivity contribution is 0.437. The van der Waals surface area contributed by atoms with E-state index in [1.54, 1.807) is 24.3 Å². The Bertz CT molecular complexity index is 1760. The Hall–Kier alpha value is -4.10. The fraction of sp³-hybridized carbons (Fsp3) is 0.200. The highest BCUT2D eigenvalue weighted by Crippen LogP contribution is 2.28. The second kappa shape index (κ2) is 14.2. The third kappa shape index (κ3) is 9.48. The summed E-state index contributed by atoms with van der Waals surface area (Å²) in [5.74, 6) is 0.567. The van der Waals surface area contributed by atoms with E-state index >= 15 is 0 Å². The van der Waals surface area contributed by atoms with Crippen LogP contribution in [0.5, 0.6) is 11.5 Å². The minimum absolute atomic E-state index is 0.0660. The molecule has 0 radical (unpaired) electrons. The van der Waals surface area contributed by atoms with Crippen molar-refractivity contribution in [2.45, 2.75) is 49.3 Å². The molecule has 0 heterocycles. The molecule has 4 aromatic rings. The lowest BCUT2D eigenvalue weighted by Gasteiger charge is -2.14. The molecule has 0 amide bonds. The fourth-order valence-electron chi connectivity index (χ4n) is 3.64. The van der Waals surface area contributed by atoms with Crippen molar-refractivity contribution < 1.29 is 45.7 Å². The van der Waals surface area contributed by atoms with Crippen LogP contribution in [0.3, 0.4) is 0 Å². The van der Waals surface area contributed by atoms with Crippen LogP contribution < -0.4 is 10.9 Å². The molecule has 10 nitrogen and oxygen atoms in total. The Morgan fingerprint density at radius 2 is 0.881 bits per heavy atom. The second-order valence-electron chi connectivity index (χ2n) is 9.71. The highest BCUT2D eigenvalue weighted by molar-refractivity contribution is 7.86. The average molecular weight is 617 g/mol. The van der Waals surface area contributed by atoms with Crippen molar-refractivity contribution in [3.8, 4) is 11.5 Å². The van der Waals surface area contributed by atoms with Crippen LogP contribution in [-0.4, -0.2) is 45.7 Å². The van der Waals surface area contributed by atoms with Gasteiger partial charge in [0.1, 0.15) is 20.2 Å². The van der Waals surface area contributed by atoms with E-state index in [-0.39, 0.29) is 33.1 Å². The normalized spacial score (nSPS) is 11.3. The largest absolute Gasteiger partial charge is 0.744 e. The van der Waals surface area contributed by atoms with Crippen LogP contribution in [0, 0.1) is 0 Å². The molecule has 0 spiro atoms. The molecule has 0 saturated carbocycles. The number of fused-ring (bicyclic) bond motifs is 1. The molecule has 0 atom stereocenters. The summed E-state index contributed by atoms with van der Waals surface area (Å²) in [5.41, 5.74) is 1.85. The van der Waals surface area contributed by atoms with Crippen molar-refractivity contribution in [2.75, 3.05) is 0 Å². The van der Waals surface area contributed by atoms with Gasteiger partial charge in [-0.3, -0.25) is 9.59 Å². The van der Waals surface area contributed by atoms with E-state index in [1.807, 2.05) is 39.8 Å². The predicted molar refractivity (Wildman–Crippen MR) is 154 cm³/mol. The Labute approximate surface area is 244 Å². The van der Waals surface area contributed by atoms with E-state index in [0.717, 1.165) is 23.3 Å². The molecule has 0 aliphatic heterocycles. The molecule has 42 heavy (non-hydrogen) atoms. The van der Waals surface area contributed by atoms with Crippen molar-refractivity contribution in [3.05, 3.63) is 107 Å². The van der Waals surface area contributed by atoms with Crippen molar-refractivity contribution in [2.24, 2.45) is 0 Å². The van der Waals surface area contributed by atoms with E-state index in [1.165, 1.54) is 36.4 Å². The first-order chi connectivity index (χ1) is 19.4. The van der Waals surface area contributed by atoms with Gasteiger partial charge in [0.05, 0.1) is 9.79 Å². The summed E-state index contributed by atoms with van der Waals surface area (Å²) < 4.78 is 66.1. The van der Waals surface area contributed by atoms with Gasteiger partial charge in [-0.25, -0.2) is 16.8 Å². The van der Waals surface area contributed by atoms with Crippen LogP contribution >= 0.6 is 0 Å². The zero-order valence-electron chi connectivity index (χ0n) is 23.3. The maximum Gasteiger partial charge on any atom is 0.381 e. The highest BCUT2D eigenvalue weighted by atomic mass is 32.2. The highest BCUT2D eigenvalue weighted by Gasteiger charge is 2.12. The fourth-order valence-corrected chi connectivity index (χ4v) is 5.02. The van der Waals surface area contributed by atoms with E-state index < -0.39 is 30.0 Å². The molecule has 4 rings (SSSR count). The number of rotatable bonds is 4. The molecule has 0 saturated heterocycles. The van der Waals surface area contributed by atoms with Crippen LogP contribution in [0.4, 0.5) is 0 Å². The Morgan fingerprint density at radius 3 is 1.17 bits per heavy atom. The van der Waals surface area contributed by atoms with Crippen LogP contribution in [0.15, 0.2) is 94.7 Å². The summed E-state index contributed by atoms with van der Waals surface area (Å²) in [6.45, 7) is 8.13. The van der Waals surface area contributed by atoms with Gasteiger partial charge in [0.2, 0.25) is 11.5 Å². The maximum atomic E-state index is 11.0. The molecule has 0 fully saturated rings. The molecule has 0 aliphatic carbocycles. The standard InChI is InChI=1S/C10H8O6S2.2C10H12O2/c11-17(12,13)9-5-1-3-7-8(9)4-2-6-10(7)18(14,15)16;2*1-7(2)8-4-3-5-9(11)10(12)6-8/h1-6H,(H,11,12,13)(H,14,15,16);2*3-7H,1-2H3,(H,11,12). The van der Waals surface area contributed by atoms with Crippen molar-refractivity contribution in [1.29, 1.82) is 0 Å².